The summed E-state index contributed by atoms with van der Waals surface area (Å²) in [6.45, 7) is 5.89. The van der Waals surface area contributed by atoms with Crippen molar-refractivity contribution in [2.75, 3.05) is 20.6 Å². The van der Waals surface area contributed by atoms with E-state index in [0.29, 0.717) is 42.5 Å². The highest BCUT2D eigenvalue weighted by Crippen LogP contribution is 2.35. The Morgan fingerprint density at radius 2 is 1.73 bits per heavy atom. The number of likely N-dealkylation sites (N-methyl/N-ethyl adjacent to an activating group) is 1. The lowest BCUT2D eigenvalue weighted by Crippen LogP contribution is -2.41. The monoisotopic (exact) mass is 622 g/mol. The van der Waals surface area contributed by atoms with E-state index in [1.165, 1.54) is 16.7 Å². The highest BCUT2D eigenvalue weighted by atomic mass is 19.1. The normalized spacial score (nSPS) is 18.0. The fourth-order valence-corrected chi connectivity index (χ4v) is 6.28. The summed E-state index contributed by atoms with van der Waals surface area (Å²) >= 11 is 0. The summed E-state index contributed by atoms with van der Waals surface area (Å²) in [7, 11) is 3.90. The maximum Gasteiger partial charge on any atom is 0.348 e. The molecule has 0 saturated carbocycles. The fourth-order valence-electron chi connectivity index (χ4n) is 6.28. The van der Waals surface area contributed by atoms with Crippen LogP contribution in [0.25, 0.3) is 11.1 Å². The van der Waals surface area contributed by atoms with Gasteiger partial charge in [0.1, 0.15) is 17.7 Å². The van der Waals surface area contributed by atoms with E-state index in [0.717, 1.165) is 48.9 Å². The number of fused-ring (bicyclic) bond motifs is 4. The molecule has 0 saturated heterocycles. The molecule has 2 atom stereocenters. The van der Waals surface area contributed by atoms with Crippen molar-refractivity contribution in [3.8, 4) is 11.1 Å². The maximum absolute atomic E-state index is 15.8. The van der Waals surface area contributed by atoms with Crippen molar-refractivity contribution in [1.82, 2.24) is 19.8 Å². The van der Waals surface area contributed by atoms with Crippen LogP contribution in [0.3, 0.4) is 0 Å². The molecule has 0 unspecified atom stereocenters. The van der Waals surface area contributed by atoms with Crippen LogP contribution in [-0.2, 0) is 22.4 Å². The number of halogens is 2. The van der Waals surface area contributed by atoms with Gasteiger partial charge in [0.05, 0.1) is 12.5 Å². The second-order valence-corrected chi connectivity index (χ2v) is 12.5. The van der Waals surface area contributed by atoms with Crippen molar-refractivity contribution in [1.29, 1.82) is 0 Å². The third-order valence-corrected chi connectivity index (χ3v) is 8.66. The van der Waals surface area contributed by atoms with Crippen LogP contribution in [0.4, 0.5) is 8.78 Å². The smallest absolute Gasteiger partial charge is 0.348 e. The summed E-state index contributed by atoms with van der Waals surface area (Å²) in [4.78, 5) is 45.5. The summed E-state index contributed by atoms with van der Waals surface area (Å²) in [6, 6.07) is 4.05. The van der Waals surface area contributed by atoms with Crippen LogP contribution in [0.5, 0.6) is 0 Å². The summed E-state index contributed by atoms with van der Waals surface area (Å²) in [5, 5.41) is 12.6. The number of benzene rings is 2. The molecule has 45 heavy (non-hydrogen) atoms. The number of carbonyl (C=O) groups is 2. The first-order valence-electron chi connectivity index (χ1n) is 15.7. The second kappa shape index (κ2) is 14.9. The number of nitrogens with zero attached hydrogens (tertiary/aromatic N) is 3. The molecule has 3 aromatic rings. The number of amides is 1. The van der Waals surface area contributed by atoms with E-state index in [2.05, 4.69) is 10.3 Å². The first kappa shape index (κ1) is 34.0. The lowest BCUT2D eigenvalue weighted by Gasteiger charge is -2.26. The Morgan fingerprint density at radius 1 is 1.02 bits per heavy atom. The molecule has 1 aromatic heterocycles. The molecular weight excluding hydrogens is 578 g/mol. The number of carbonyl (C=O) groups excluding carboxylic acids is 1. The zero-order valence-corrected chi connectivity index (χ0v) is 26.9. The van der Waals surface area contributed by atoms with Gasteiger partial charge in [-0.2, -0.15) is 4.98 Å². The zero-order chi connectivity index (χ0) is 32.8. The van der Waals surface area contributed by atoms with Gasteiger partial charge in [-0.3, -0.25) is 14.2 Å². The number of aliphatic carboxylic acids is 1. The molecule has 4 rings (SSSR count). The molecule has 242 valence electrons. The van der Waals surface area contributed by atoms with E-state index in [1.54, 1.807) is 39.1 Å². The van der Waals surface area contributed by atoms with Gasteiger partial charge in [-0.15, -0.1) is 0 Å². The minimum atomic E-state index is -1.22. The van der Waals surface area contributed by atoms with Crippen LogP contribution in [0.15, 0.2) is 35.3 Å². The molecular formula is C35H44F2N4O4. The first-order chi connectivity index (χ1) is 21.3. The van der Waals surface area contributed by atoms with Crippen LogP contribution in [-0.4, -0.2) is 52.1 Å². The highest BCUT2D eigenvalue weighted by Gasteiger charge is 2.29. The molecule has 0 radical (unpaired) electrons. The maximum atomic E-state index is 15.8. The predicted octanol–water partition coefficient (Wildman–Crippen LogP) is 5.99. The van der Waals surface area contributed by atoms with Gasteiger partial charge in [0.2, 0.25) is 5.91 Å². The van der Waals surface area contributed by atoms with E-state index in [1.807, 2.05) is 19.0 Å². The van der Waals surface area contributed by atoms with E-state index < -0.39 is 41.9 Å². The lowest BCUT2D eigenvalue weighted by atomic mass is 9.88. The molecule has 2 N–H and O–H groups in total. The number of aryl methyl sites for hydroxylation is 4. The average Bonchev–Trinajstić information content (AvgIpc) is 2.94. The summed E-state index contributed by atoms with van der Waals surface area (Å²) < 4.78 is 31.7. The first-order valence-corrected chi connectivity index (χ1v) is 15.7. The van der Waals surface area contributed by atoms with Gasteiger partial charge in [0.25, 0.3) is 0 Å². The Balaban J connectivity index is 1.84. The van der Waals surface area contributed by atoms with Crippen molar-refractivity contribution in [3.63, 3.8) is 0 Å². The Bertz CT molecular complexity index is 1620. The number of hydrogen-bond acceptors (Lipinski definition) is 5. The van der Waals surface area contributed by atoms with Crippen molar-refractivity contribution in [3.05, 3.63) is 86.1 Å². The van der Waals surface area contributed by atoms with Crippen molar-refractivity contribution >= 4 is 11.9 Å². The third-order valence-electron chi connectivity index (χ3n) is 8.66. The second-order valence-electron chi connectivity index (χ2n) is 12.5. The van der Waals surface area contributed by atoms with Gasteiger partial charge < -0.3 is 15.3 Å². The number of hydrogen-bond donors (Lipinski definition) is 2. The van der Waals surface area contributed by atoms with Crippen LogP contribution in [0.1, 0.15) is 90.5 Å². The van der Waals surface area contributed by atoms with Crippen molar-refractivity contribution < 1.29 is 23.5 Å². The van der Waals surface area contributed by atoms with Crippen molar-refractivity contribution in [2.24, 2.45) is 0 Å². The number of rotatable bonds is 6. The number of nitrogens with one attached hydrogen (secondary N) is 1. The topological polar surface area (TPSA) is 105 Å². The molecule has 0 fully saturated rings. The van der Waals surface area contributed by atoms with Crippen LogP contribution in [0.2, 0.25) is 0 Å². The van der Waals surface area contributed by atoms with Gasteiger partial charge >= 0.3 is 11.7 Å². The molecule has 8 nitrogen and oxygen atoms in total. The minimum absolute atomic E-state index is 0.0299. The molecule has 0 aliphatic carbocycles. The molecule has 10 heteroatoms. The Hall–Kier alpha value is -3.92. The number of carboxylic acids is 1. The largest absolute Gasteiger partial charge is 0.481 e. The van der Waals surface area contributed by atoms with Gasteiger partial charge in [0, 0.05) is 24.0 Å². The van der Waals surface area contributed by atoms with Crippen LogP contribution in [0, 0.1) is 32.4 Å². The number of aromatic nitrogens is 2. The van der Waals surface area contributed by atoms with Crippen LogP contribution >= 0.6 is 0 Å². The molecule has 2 bridgehead atoms. The molecule has 1 amide bonds. The highest BCUT2D eigenvalue weighted by molar-refractivity contribution is 5.82. The standard InChI is InChI=1S/C35H44F2N4O4/c1-21-16-27(36)17-24-11-9-7-6-8-10-12-30(41-20-25(13-14-40(4)5)23(3)38-35(41)45)34(44)39-29(19-31(42)43)28-18-26(32(21)24)15-22(2)33(28)37/h15-18,20,29-30H,6-14,19H2,1-5H3,(H,39,44)(H,42,43)/t29-,30-/m0/s1. The number of carboxylic acid groups (broad SMARTS) is 1. The van der Waals surface area contributed by atoms with Crippen LogP contribution < -0.4 is 11.0 Å². The van der Waals surface area contributed by atoms with E-state index in [4.69, 9.17) is 0 Å². The summed E-state index contributed by atoms with van der Waals surface area (Å²) in [6.07, 6.45) is 6.80. The zero-order valence-electron chi connectivity index (χ0n) is 26.9. The quantitative estimate of drug-likeness (QED) is 0.350. The Morgan fingerprint density at radius 3 is 2.44 bits per heavy atom. The average molecular weight is 623 g/mol. The molecule has 2 heterocycles. The molecule has 2 aromatic carbocycles. The lowest BCUT2D eigenvalue weighted by molar-refractivity contribution is -0.138. The van der Waals surface area contributed by atoms with E-state index in [9.17, 15) is 23.9 Å². The van der Waals surface area contributed by atoms with Gasteiger partial charge in [-0.1, -0.05) is 25.7 Å². The van der Waals surface area contributed by atoms with Gasteiger partial charge in [-0.25, -0.2) is 13.6 Å². The minimum Gasteiger partial charge on any atom is -0.481 e. The van der Waals surface area contributed by atoms with E-state index >= 15 is 4.39 Å². The molecule has 1 aliphatic heterocycles. The van der Waals surface area contributed by atoms with Gasteiger partial charge in [0.15, 0.2) is 0 Å². The van der Waals surface area contributed by atoms with Crippen molar-refractivity contribution in [2.45, 2.75) is 90.6 Å². The summed E-state index contributed by atoms with van der Waals surface area (Å²) in [5.41, 5.74) is 4.11. The summed E-state index contributed by atoms with van der Waals surface area (Å²) in [5.74, 6) is -2.75. The fraction of sp³-hybridized carbons (Fsp3) is 0.486. The molecule has 1 aliphatic rings. The van der Waals surface area contributed by atoms with E-state index in [-0.39, 0.29) is 16.9 Å². The Labute approximate surface area is 263 Å². The van der Waals surface area contributed by atoms with Gasteiger partial charge in [-0.05, 0) is 118 Å². The third kappa shape index (κ3) is 8.42. The molecule has 0 spiro atoms. The Kier molecular flexibility index (Phi) is 11.3. The predicted molar refractivity (Wildman–Crippen MR) is 170 cm³/mol. The SMILES string of the molecule is Cc1cc2cc(c1F)[C@H](CC(=O)O)NC(=O)[C@@H](n1cc(CCN(C)C)c(C)nc1=O)CCCCCCCc1cc(F)cc(C)c1-2.